The van der Waals surface area contributed by atoms with Gasteiger partial charge >= 0.3 is 5.97 Å². The standard InChI is InChI=1S/C15H22N4O2/c1-11-12(9-16)14(19(2)18-11)17-10-15(8-13(20)21)6-4-3-5-7-15/h17H,3-8,10H2,1-2H3,(H,20,21). The zero-order valence-corrected chi connectivity index (χ0v) is 12.6. The summed E-state index contributed by atoms with van der Waals surface area (Å²) in [6.45, 7) is 2.38. The normalized spacial score (nSPS) is 17.2. The van der Waals surface area contributed by atoms with Gasteiger partial charge in [-0.3, -0.25) is 9.48 Å². The minimum atomic E-state index is -0.750. The van der Waals surface area contributed by atoms with Gasteiger partial charge in [0, 0.05) is 13.6 Å². The van der Waals surface area contributed by atoms with Crippen molar-refractivity contribution in [1.82, 2.24) is 9.78 Å². The molecule has 0 spiro atoms. The van der Waals surface area contributed by atoms with Gasteiger partial charge in [-0.2, -0.15) is 10.4 Å². The van der Waals surface area contributed by atoms with Gasteiger partial charge in [-0.25, -0.2) is 0 Å². The van der Waals surface area contributed by atoms with Crippen LogP contribution in [0.15, 0.2) is 0 Å². The Balaban J connectivity index is 2.16. The van der Waals surface area contributed by atoms with Crippen LogP contribution in [-0.2, 0) is 11.8 Å². The van der Waals surface area contributed by atoms with Gasteiger partial charge in [0.25, 0.3) is 0 Å². The Morgan fingerprint density at radius 2 is 2.14 bits per heavy atom. The van der Waals surface area contributed by atoms with E-state index in [2.05, 4.69) is 16.5 Å². The summed E-state index contributed by atoms with van der Waals surface area (Å²) in [5.41, 5.74) is 1.02. The molecule has 0 aromatic carbocycles. The number of aryl methyl sites for hydroxylation is 2. The SMILES string of the molecule is Cc1nn(C)c(NCC2(CC(=O)O)CCCCC2)c1C#N. The second kappa shape index (κ2) is 6.17. The summed E-state index contributed by atoms with van der Waals surface area (Å²) < 4.78 is 1.66. The fraction of sp³-hybridized carbons (Fsp3) is 0.667. The van der Waals surface area contributed by atoms with Crippen molar-refractivity contribution >= 4 is 11.8 Å². The van der Waals surface area contributed by atoms with Crippen molar-refractivity contribution in [2.75, 3.05) is 11.9 Å². The zero-order valence-electron chi connectivity index (χ0n) is 12.6. The highest BCUT2D eigenvalue weighted by atomic mass is 16.4. The van der Waals surface area contributed by atoms with E-state index in [1.165, 1.54) is 6.42 Å². The molecule has 6 nitrogen and oxygen atoms in total. The quantitative estimate of drug-likeness (QED) is 0.869. The molecule has 0 atom stereocenters. The molecule has 2 N–H and O–H groups in total. The molecule has 0 bridgehead atoms. The number of anilines is 1. The fourth-order valence-electron chi connectivity index (χ4n) is 3.30. The number of nitriles is 1. The molecule has 0 unspecified atom stereocenters. The maximum Gasteiger partial charge on any atom is 0.303 e. The third-order valence-corrected chi connectivity index (χ3v) is 4.41. The highest BCUT2D eigenvalue weighted by Crippen LogP contribution is 2.39. The molecule has 0 saturated heterocycles. The molecule has 0 radical (unpaired) electrons. The molecule has 1 aliphatic carbocycles. The summed E-state index contributed by atoms with van der Waals surface area (Å²) in [6.07, 6.45) is 5.35. The second-order valence-corrected chi connectivity index (χ2v) is 6.03. The van der Waals surface area contributed by atoms with Gasteiger partial charge in [0.15, 0.2) is 0 Å². The van der Waals surface area contributed by atoms with Gasteiger partial charge in [-0.05, 0) is 25.2 Å². The number of hydrogen-bond acceptors (Lipinski definition) is 4. The number of nitrogens with one attached hydrogen (secondary N) is 1. The van der Waals surface area contributed by atoms with Crippen LogP contribution in [-0.4, -0.2) is 27.4 Å². The Bertz CT molecular complexity index is 565. The first-order valence-electron chi connectivity index (χ1n) is 7.37. The highest BCUT2D eigenvalue weighted by Gasteiger charge is 2.34. The van der Waals surface area contributed by atoms with Crippen molar-refractivity contribution in [1.29, 1.82) is 5.26 Å². The summed E-state index contributed by atoms with van der Waals surface area (Å²) in [7, 11) is 1.79. The zero-order chi connectivity index (χ0) is 15.5. The van der Waals surface area contributed by atoms with Crippen molar-refractivity contribution in [2.45, 2.75) is 45.4 Å². The average molecular weight is 290 g/mol. The number of hydrogen-bond donors (Lipinski definition) is 2. The van der Waals surface area contributed by atoms with E-state index in [4.69, 9.17) is 0 Å². The van der Waals surface area contributed by atoms with Crippen LogP contribution in [0.25, 0.3) is 0 Å². The smallest absolute Gasteiger partial charge is 0.303 e. The molecule has 1 saturated carbocycles. The predicted octanol–water partition coefficient (Wildman–Crippen LogP) is 2.44. The van der Waals surface area contributed by atoms with E-state index in [9.17, 15) is 15.2 Å². The lowest BCUT2D eigenvalue weighted by molar-refractivity contribution is -0.140. The Morgan fingerprint density at radius 1 is 1.48 bits per heavy atom. The number of carbonyl (C=O) groups is 1. The van der Waals surface area contributed by atoms with Crippen LogP contribution in [0.5, 0.6) is 0 Å². The van der Waals surface area contributed by atoms with Crippen molar-refractivity contribution in [3.05, 3.63) is 11.3 Å². The first-order valence-corrected chi connectivity index (χ1v) is 7.37. The van der Waals surface area contributed by atoms with Gasteiger partial charge in [-0.1, -0.05) is 19.3 Å². The Kier molecular flexibility index (Phi) is 4.51. The first kappa shape index (κ1) is 15.4. The maximum absolute atomic E-state index is 11.2. The van der Waals surface area contributed by atoms with E-state index in [0.29, 0.717) is 23.6 Å². The van der Waals surface area contributed by atoms with Crippen LogP contribution in [0.4, 0.5) is 5.82 Å². The molecule has 0 aliphatic heterocycles. The van der Waals surface area contributed by atoms with Crippen LogP contribution in [0.1, 0.15) is 49.8 Å². The number of rotatable bonds is 5. The number of aliphatic carboxylic acids is 1. The Morgan fingerprint density at radius 3 is 2.71 bits per heavy atom. The minimum Gasteiger partial charge on any atom is -0.481 e. The lowest BCUT2D eigenvalue weighted by Gasteiger charge is -2.36. The molecular formula is C15H22N4O2. The summed E-state index contributed by atoms with van der Waals surface area (Å²) in [4.78, 5) is 11.2. The number of carboxylic acid groups (broad SMARTS) is 1. The van der Waals surface area contributed by atoms with Crippen LogP contribution >= 0.6 is 0 Å². The maximum atomic E-state index is 11.2. The van der Waals surface area contributed by atoms with Gasteiger partial charge in [-0.15, -0.1) is 0 Å². The Hall–Kier alpha value is -2.03. The third-order valence-electron chi connectivity index (χ3n) is 4.41. The fourth-order valence-corrected chi connectivity index (χ4v) is 3.30. The summed E-state index contributed by atoms with van der Waals surface area (Å²) in [5.74, 6) is -0.0641. The molecule has 2 rings (SSSR count). The Labute approximate surface area is 124 Å². The molecule has 1 heterocycles. The van der Waals surface area contributed by atoms with Crippen molar-refractivity contribution < 1.29 is 9.90 Å². The summed E-state index contributed by atoms with van der Waals surface area (Å²) in [6, 6.07) is 2.16. The molecule has 114 valence electrons. The predicted molar refractivity (Wildman–Crippen MR) is 78.9 cm³/mol. The van der Waals surface area contributed by atoms with Crippen molar-refractivity contribution in [3.8, 4) is 6.07 Å². The summed E-state index contributed by atoms with van der Waals surface area (Å²) >= 11 is 0. The molecule has 1 aromatic rings. The van der Waals surface area contributed by atoms with Crippen molar-refractivity contribution in [2.24, 2.45) is 12.5 Å². The first-order chi connectivity index (χ1) is 9.97. The lowest BCUT2D eigenvalue weighted by Crippen LogP contribution is -2.35. The van der Waals surface area contributed by atoms with E-state index in [1.54, 1.807) is 18.7 Å². The van der Waals surface area contributed by atoms with Crippen LogP contribution in [0.3, 0.4) is 0 Å². The molecule has 1 aromatic heterocycles. The van der Waals surface area contributed by atoms with E-state index >= 15 is 0 Å². The van der Waals surface area contributed by atoms with E-state index in [1.807, 2.05) is 0 Å². The molecule has 0 amide bonds. The monoisotopic (exact) mass is 290 g/mol. The molecular weight excluding hydrogens is 268 g/mol. The molecule has 6 heteroatoms. The minimum absolute atomic E-state index is 0.179. The van der Waals surface area contributed by atoms with E-state index in [0.717, 1.165) is 25.7 Å². The van der Waals surface area contributed by atoms with Crippen LogP contribution < -0.4 is 5.32 Å². The second-order valence-electron chi connectivity index (χ2n) is 6.03. The molecule has 21 heavy (non-hydrogen) atoms. The largest absolute Gasteiger partial charge is 0.481 e. The van der Waals surface area contributed by atoms with Gasteiger partial charge in [0.1, 0.15) is 17.5 Å². The van der Waals surface area contributed by atoms with Gasteiger partial charge in [0.05, 0.1) is 12.1 Å². The number of carboxylic acids is 1. The lowest BCUT2D eigenvalue weighted by atomic mass is 9.71. The van der Waals surface area contributed by atoms with E-state index in [-0.39, 0.29) is 11.8 Å². The molecule has 1 aliphatic rings. The van der Waals surface area contributed by atoms with Gasteiger partial charge < -0.3 is 10.4 Å². The topological polar surface area (TPSA) is 90.9 Å². The number of aromatic nitrogens is 2. The third kappa shape index (κ3) is 3.35. The molecule has 1 fully saturated rings. The highest BCUT2D eigenvalue weighted by molar-refractivity contribution is 5.68. The average Bonchev–Trinajstić information content (AvgIpc) is 2.70. The van der Waals surface area contributed by atoms with Crippen LogP contribution in [0, 0.1) is 23.7 Å². The van der Waals surface area contributed by atoms with Gasteiger partial charge in [0.2, 0.25) is 0 Å². The van der Waals surface area contributed by atoms with Crippen molar-refractivity contribution in [3.63, 3.8) is 0 Å². The van der Waals surface area contributed by atoms with E-state index < -0.39 is 5.97 Å². The van der Waals surface area contributed by atoms with Crippen LogP contribution in [0.2, 0.25) is 0 Å². The number of nitrogens with zero attached hydrogens (tertiary/aromatic N) is 3. The summed E-state index contributed by atoms with van der Waals surface area (Å²) in [5, 5.41) is 25.9.